The van der Waals surface area contributed by atoms with Crippen molar-refractivity contribution in [1.82, 2.24) is 0 Å². The molecule has 0 aliphatic carbocycles. The van der Waals surface area contributed by atoms with Crippen LogP contribution in [0.15, 0.2) is 194 Å². The van der Waals surface area contributed by atoms with Crippen LogP contribution < -0.4 is 0 Å². The number of rotatable bonds is 66. The fourth-order valence-electron chi connectivity index (χ4n) is 9.94. The van der Waals surface area contributed by atoms with E-state index in [0.717, 1.165) is 148 Å². The average Bonchev–Trinajstić information content (AvgIpc) is 3.62. The number of aliphatic hydroxyl groups excluding tert-OH is 1. The lowest BCUT2D eigenvalue weighted by Gasteiger charge is -2.15. The van der Waals surface area contributed by atoms with Gasteiger partial charge in [-0.25, -0.2) is 0 Å². The van der Waals surface area contributed by atoms with Crippen molar-refractivity contribution >= 4 is 11.9 Å². The van der Waals surface area contributed by atoms with Gasteiger partial charge in [0.05, 0.1) is 6.61 Å². The van der Waals surface area contributed by atoms with Gasteiger partial charge in [-0.05, 0) is 141 Å². The van der Waals surface area contributed by atoms with Crippen molar-refractivity contribution in [3.63, 3.8) is 0 Å². The molecule has 90 heavy (non-hydrogen) atoms. The normalized spacial score (nSPS) is 13.4. The highest BCUT2D eigenvalue weighted by Gasteiger charge is 2.16. The van der Waals surface area contributed by atoms with E-state index >= 15 is 0 Å². The van der Waals surface area contributed by atoms with Crippen molar-refractivity contribution in [2.24, 2.45) is 0 Å². The van der Waals surface area contributed by atoms with Crippen LogP contribution >= 0.6 is 0 Å². The van der Waals surface area contributed by atoms with Crippen molar-refractivity contribution in [1.29, 1.82) is 0 Å². The Balaban J connectivity index is 3.54. The van der Waals surface area contributed by atoms with E-state index in [1.54, 1.807) is 0 Å². The molecule has 5 nitrogen and oxygen atoms in total. The minimum atomic E-state index is -0.789. The number of ether oxygens (including phenoxy) is 2. The molecule has 0 heterocycles. The summed E-state index contributed by atoms with van der Waals surface area (Å²) in [5.74, 6) is -0.600. The zero-order chi connectivity index (χ0) is 64.7. The van der Waals surface area contributed by atoms with Crippen LogP contribution in [0.5, 0.6) is 0 Å². The largest absolute Gasteiger partial charge is 0.462 e. The Morgan fingerprint density at radius 2 is 0.444 bits per heavy atom. The third kappa shape index (κ3) is 75.2. The fraction of sp³-hybridized carbons (Fsp3) is 0.600. The van der Waals surface area contributed by atoms with E-state index < -0.39 is 6.10 Å². The quantitative estimate of drug-likeness (QED) is 0.0373. The number of aliphatic hydroxyl groups is 1. The number of carbonyl (C=O) groups excluding carboxylic acids is 2. The van der Waals surface area contributed by atoms with Crippen LogP contribution in [0.25, 0.3) is 0 Å². The van der Waals surface area contributed by atoms with Crippen molar-refractivity contribution in [2.75, 3.05) is 13.2 Å². The van der Waals surface area contributed by atoms with Crippen LogP contribution in [0.2, 0.25) is 0 Å². The van der Waals surface area contributed by atoms with E-state index in [4.69, 9.17) is 9.47 Å². The molecular formula is C85H136O5. The molecule has 0 amide bonds. The van der Waals surface area contributed by atoms with E-state index in [0.29, 0.717) is 12.8 Å². The van der Waals surface area contributed by atoms with E-state index in [9.17, 15) is 14.7 Å². The molecule has 0 fully saturated rings. The zero-order valence-corrected chi connectivity index (χ0v) is 58.1. The number of hydrogen-bond donors (Lipinski definition) is 1. The summed E-state index contributed by atoms with van der Waals surface area (Å²) in [6, 6.07) is 0. The van der Waals surface area contributed by atoms with Gasteiger partial charge in [0.15, 0.2) is 6.10 Å². The van der Waals surface area contributed by atoms with Gasteiger partial charge >= 0.3 is 11.9 Å². The van der Waals surface area contributed by atoms with E-state index in [2.05, 4.69) is 208 Å². The van der Waals surface area contributed by atoms with Crippen molar-refractivity contribution in [2.45, 2.75) is 315 Å². The summed E-state index contributed by atoms with van der Waals surface area (Å²) in [7, 11) is 0. The molecular weight excluding hydrogens is 1100 g/mol. The maximum Gasteiger partial charge on any atom is 0.306 e. The Bertz CT molecular complexity index is 2040. The second kappa shape index (κ2) is 78.0. The second-order valence-electron chi connectivity index (χ2n) is 23.9. The number of esters is 2. The first-order valence-electron chi connectivity index (χ1n) is 37.0. The standard InChI is InChI=1S/C85H136O5/c1-3-5-7-9-11-13-15-17-19-21-23-25-27-29-31-33-35-37-39-41-42-44-45-47-49-51-53-55-57-59-61-63-65-67-69-71-73-75-77-79-84(87)89-82-83(81-86)90-85(88)80-78-76-74-72-70-68-66-64-62-60-58-56-54-52-50-48-46-43-40-38-36-34-32-30-28-26-24-22-20-18-16-14-12-10-8-6-4-2/h5-8,11-14,17-20,23-26,29-32,35-38,41-43,46,50,52,56,58,83,86H,3-4,9-10,15-16,21-22,27-28,33-34,39-40,44-45,47-49,51,53-55,57,59-82H2,1-2H3/b7-5-,8-6-,13-11-,14-12-,19-17-,20-18-,25-23-,26-24-,31-29-,32-30-,37-35-,38-36-,42-41-,46-43-,52-50-,58-56-. The lowest BCUT2D eigenvalue weighted by molar-refractivity contribution is -0.161. The Labute approximate surface area is 556 Å². The minimum Gasteiger partial charge on any atom is -0.462 e. The van der Waals surface area contributed by atoms with Crippen molar-refractivity contribution < 1.29 is 24.2 Å². The molecule has 506 valence electrons. The van der Waals surface area contributed by atoms with Crippen molar-refractivity contribution in [3.8, 4) is 0 Å². The number of hydrogen-bond acceptors (Lipinski definition) is 5. The maximum absolute atomic E-state index is 12.4. The summed E-state index contributed by atoms with van der Waals surface area (Å²) in [6.07, 6.45) is 123. The van der Waals surface area contributed by atoms with Crippen LogP contribution in [0.3, 0.4) is 0 Å². The number of unbranched alkanes of at least 4 members (excludes halogenated alkanes) is 26. The topological polar surface area (TPSA) is 72.8 Å². The van der Waals surface area contributed by atoms with E-state index in [-0.39, 0.29) is 25.2 Å². The van der Waals surface area contributed by atoms with Gasteiger partial charge in [-0.3, -0.25) is 9.59 Å². The smallest absolute Gasteiger partial charge is 0.306 e. The monoisotopic (exact) mass is 1240 g/mol. The molecule has 0 aromatic heterocycles. The van der Waals surface area contributed by atoms with Gasteiger partial charge in [0.2, 0.25) is 0 Å². The van der Waals surface area contributed by atoms with Gasteiger partial charge in [0.25, 0.3) is 0 Å². The highest BCUT2D eigenvalue weighted by molar-refractivity contribution is 5.70. The fourth-order valence-corrected chi connectivity index (χ4v) is 9.94. The molecule has 0 saturated carbocycles. The first-order chi connectivity index (χ1) is 44.6. The summed E-state index contributed by atoms with van der Waals surface area (Å²) in [5.41, 5.74) is 0. The third-order valence-corrected chi connectivity index (χ3v) is 15.4. The van der Waals surface area contributed by atoms with Gasteiger partial charge in [0, 0.05) is 12.8 Å². The average molecular weight is 1240 g/mol. The SMILES string of the molecule is CC/C=C\C/C=C\C/C=C\C/C=C\C/C=C\C/C=C\C/C=C\C/C=C\C/C=C\CCCCCCCCCCCC(=O)OC(CO)COC(=O)CCCCCCCCCCCCCCCCCCC/C=C\C/C=C\C/C=C\C/C=C\C/C=C\C/C=C\C/C=C\CC. The molecule has 1 N–H and O–H groups in total. The third-order valence-electron chi connectivity index (χ3n) is 15.4. The van der Waals surface area contributed by atoms with Gasteiger partial charge in [0.1, 0.15) is 6.61 Å². The Kier molecular flexibility index (Phi) is 73.4. The summed E-state index contributed by atoms with van der Waals surface area (Å²) in [4.78, 5) is 24.7. The second-order valence-corrected chi connectivity index (χ2v) is 23.9. The number of allylic oxidation sites excluding steroid dienone is 32. The van der Waals surface area contributed by atoms with Crippen molar-refractivity contribution in [3.05, 3.63) is 194 Å². The zero-order valence-electron chi connectivity index (χ0n) is 58.1. The van der Waals surface area contributed by atoms with E-state index in [1.165, 1.54) is 135 Å². The molecule has 0 bridgehead atoms. The van der Waals surface area contributed by atoms with Crippen LogP contribution in [0, 0.1) is 0 Å². The predicted molar refractivity (Wildman–Crippen MR) is 398 cm³/mol. The Morgan fingerprint density at radius 1 is 0.256 bits per heavy atom. The summed E-state index contributed by atoms with van der Waals surface area (Å²) >= 11 is 0. The molecule has 0 aliphatic heterocycles. The first-order valence-corrected chi connectivity index (χ1v) is 37.0. The van der Waals surface area contributed by atoms with Crippen LogP contribution in [0.4, 0.5) is 0 Å². The van der Waals surface area contributed by atoms with Gasteiger partial charge in [-0.2, -0.15) is 0 Å². The maximum atomic E-state index is 12.4. The van der Waals surface area contributed by atoms with Gasteiger partial charge < -0.3 is 14.6 Å². The van der Waals surface area contributed by atoms with Crippen LogP contribution in [-0.4, -0.2) is 36.4 Å². The minimum absolute atomic E-state index is 0.0766. The van der Waals surface area contributed by atoms with Gasteiger partial charge in [-0.1, -0.05) is 350 Å². The summed E-state index contributed by atoms with van der Waals surface area (Å²) in [6.45, 7) is 3.92. The Morgan fingerprint density at radius 3 is 0.667 bits per heavy atom. The highest BCUT2D eigenvalue weighted by atomic mass is 16.6. The molecule has 0 radical (unpaired) electrons. The lowest BCUT2D eigenvalue weighted by atomic mass is 10.0. The molecule has 0 rings (SSSR count). The molecule has 0 aromatic carbocycles. The molecule has 1 unspecified atom stereocenters. The van der Waals surface area contributed by atoms with E-state index in [1.807, 2.05) is 0 Å². The molecule has 1 atom stereocenters. The summed E-state index contributed by atoms with van der Waals surface area (Å²) in [5, 5.41) is 9.72. The number of carbonyl (C=O) groups is 2. The molecule has 0 spiro atoms. The lowest BCUT2D eigenvalue weighted by Crippen LogP contribution is -2.28. The van der Waals surface area contributed by atoms with Crippen LogP contribution in [0.1, 0.15) is 309 Å². The molecule has 0 aliphatic rings. The predicted octanol–water partition coefficient (Wildman–Crippen LogP) is 26.3. The highest BCUT2D eigenvalue weighted by Crippen LogP contribution is 2.17. The summed E-state index contributed by atoms with van der Waals surface area (Å²) < 4.78 is 10.8. The molecule has 5 heteroatoms. The molecule has 0 aromatic rings. The Hall–Kier alpha value is -5.26. The first kappa shape index (κ1) is 84.7. The van der Waals surface area contributed by atoms with Gasteiger partial charge in [-0.15, -0.1) is 0 Å². The van der Waals surface area contributed by atoms with Crippen LogP contribution in [-0.2, 0) is 19.1 Å². The molecule has 0 saturated heterocycles.